The summed E-state index contributed by atoms with van der Waals surface area (Å²) in [4.78, 5) is 23.9. The lowest BCUT2D eigenvalue weighted by Crippen LogP contribution is -2.27. The van der Waals surface area contributed by atoms with Gasteiger partial charge in [0.05, 0.1) is 0 Å². The van der Waals surface area contributed by atoms with Gasteiger partial charge in [-0.1, -0.05) is 19.9 Å². The lowest BCUT2D eigenvalue weighted by atomic mass is 10.1. The number of rotatable bonds is 6. The number of aryl methyl sites for hydroxylation is 1. The molecule has 0 aliphatic rings. The minimum absolute atomic E-state index is 0.0602. The van der Waals surface area contributed by atoms with E-state index in [0.29, 0.717) is 30.2 Å². The molecule has 0 saturated carbocycles. The van der Waals surface area contributed by atoms with Crippen LogP contribution in [0.4, 0.5) is 0 Å². The average Bonchev–Trinajstić information content (AvgIpc) is 2.46. The van der Waals surface area contributed by atoms with E-state index in [1.54, 1.807) is 24.4 Å². The van der Waals surface area contributed by atoms with Gasteiger partial charge in [0, 0.05) is 25.6 Å². The van der Waals surface area contributed by atoms with Crippen molar-refractivity contribution in [1.29, 1.82) is 0 Å². The van der Waals surface area contributed by atoms with E-state index in [0.717, 1.165) is 6.42 Å². The molecule has 112 valence electrons. The highest BCUT2D eigenvalue weighted by atomic mass is 16.1. The summed E-state index contributed by atoms with van der Waals surface area (Å²) in [5, 5.41) is 10.8. The number of fused-ring (bicyclic) bond motifs is 1. The fourth-order valence-electron chi connectivity index (χ4n) is 1.96. The van der Waals surface area contributed by atoms with Crippen LogP contribution >= 0.6 is 0 Å². The summed E-state index contributed by atoms with van der Waals surface area (Å²) in [6.07, 6.45) is 3.15. The molecule has 0 atom stereocenters. The van der Waals surface area contributed by atoms with Gasteiger partial charge in [-0.3, -0.25) is 14.0 Å². The van der Waals surface area contributed by atoms with E-state index < -0.39 is 0 Å². The highest BCUT2D eigenvalue weighted by Crippen LogP contribution is 1.99. The zero-order valence-electron chi connectivity index (χ0n) is 12.4. The Balaban J connectivity index is 1.96. The molecular formula is C15H20N4O2. The predicted octanol–water partition coefficient (Wildman–Crippen LogP) is 1.18. The number of pyridine rings is 1. The van der Waals surface area contributed by atoms with Crippen LogP contribution in [0.15, 0.2) is 29.2 Å². The number of aromatic nitrogens is 3. The molecule has 0 aliphatic heterocycles. The van der Waals surface area contributed by atoms with Crippen molar-refractivity contribution in [1.82, 2.24) is 19.9 Å². The van der Waals surface area contributed by atoms with Gasteiger partial charge in [0.25, 0.3) is 5.56 Å². The van der Waals surface area contributed by atoms with E-state index in [9.17, 15) is 9.59 Å². The topological polar surface area (TPSA) is 76.4 Å². The van der Waals surface area contributed by atoms with Crippen molar-refractivity contribution in [3.63, 3.8) is 0 Å². The number of hydrogen-bond donors (Lipinski definition) is 1. The van der Waals surface area contributed by atoms with Gasteiger partial charge >= 0.3 is 0 Å². The Kier molecular flexibility index (Phi) is 5.03. The molecule has 21 heavy (non-hydrogen) atoms. The maximum atomic E-state index is 12.2. The molecule has 1 N–H and O–H groups in total. The van der Waals surface area contributed by atoms with Crippen molar-refractivity contribution in [3.05, 3.63) is 40.4 Å². The van der Waals surface area contributed by atoms with E-state index in [4.69, 9.17) is 0 Å². The summed E-state index contributed by atoms with van der Waals surface area (Å²) >= 11 is 0. The van der Waals surface area contributed by atoms with Crippen LogP contribution in [0.1, 0.15) is 32.4 Å². The van der Waals surface area contributed by atoms with Gasteiger partial charge in [0.2, 0.25) is 5.91 Å². The zero-order chi connectivity index (χ0) is 15.2. The van der Waals surface area contributed by atoms with Crippen LogP contribution in [0.25, 0.3) is 5.65 Å². The van der Waals surface area contributed by atoms with Crippen LogP contribution in [0.2, 0.25) is 0 Å². The van der Waals surface area contributed by atoms with Crippen molar-refractivity contribution in [2.24, 2.45) is 5.92 Å². The minimum atomic E-state index is -0.212. The summed E-state index contributed by atoms with van der Waals surface area (Å²) in [5.74, 6) is 0.497. The molecule has 0 aliphatic carbocycles. The minimum Gasteiger partial charge on any atom is -0.356 e. The molecule has 1 amide bonds. The van der Waals surface area contributed by atoms with E-state index in [1.165, 1.54) is 4.40 Å². The van der Waals surface area contributed by atoms with Crippen molar-refractivity contribution in [2.75, 3.05) is 6.54 Å². The summed E-state index contributed by atoms with van der Waals surface area (Å²) in [6.45, 7) is 4.88. The first-order chi connectivity index (χ1) is 10.1. The number of amides is 1. The average molecular weight is 288 g/mol. The van der Waals surface area contributed by atoms with E-state index in [-0.39, 0.29) is 17.9 Å². The monoisotopic (exact) mass is 288 g/mol. The predicted molar refractivity (Wildman–Crippen MR) is 80.0 cm³/mol. The van der Waals surface area contributed by atoms with Gasteiger partial charge in [-0.2, -0.15) is 0 Å². The summed E-state index contributed by atoms with van der Waals surface area (Å²) in [5.41, 5.74) is 0.612. The van der Waals surface area contributed by atoms with Gasteiger partial charge < -0.3 is 5.32 Å². The quantitative estimate of drug-likeness (QED) is 0.866. The van der Waals surface area contributed by atoms with Crippen LogP contribution in [0.5, 0.6) is 0 Å². The van der Waals surface area contributed by atoms with Crippen LogP contribution in [0, 0.1) is 5.92 Å². The van der Waals surface area contributed by atoms with Crippen LogP contribution in [0.3, 0.4) is 0 Å². The second kappa shape index (κ2) is 6.97. The third kappa shape index (κ3) is 4.11. The first kappa shape index (κ1) is 15.2. The SMILES string of the molecule is CC(C)CCNC(=O)CCc1nnc2ccccn2c1=O. The first-order valence-electron chi connectivity index (χ1n) is 7.17. The second-order valence-electron chi connectivity index (χ2n) is 5.41. The number of nitrogens with zero attached hydrogens (tertiary/aromatic N) is 3. The molecule has 2 heterocycles. The molecule has 6 nitrogen and oxygen atoms in total. The maximum Gasteiger partial charge on any atom is 0.279 e. The summed E-state index contributed by atoms with van der Waals surface area (Å²) < 4.78 is 1.44. The van der Waals surface area contributed by atoms with E-state index in [1.807, 2.05) is 0 Å². The Morgan fingerprint density at radius 3 is 2.90 bits per heavy atom. The number of carbonyl (C=O) groups excluding carboxylic acids is 1. The molecule has 2 aromatic heterocycles. The zero-order valence-corrected chi connectivity index (χ0v) is 12.4. The fraction of sp³-hybridized carbons (Fsp3) is 0.467. The fourth-order valence-corrected chi connectivity index (χ4v) is 1.96. The molecule has 6 heteroatoms. The number of hydrogen-bond acceptors (Lipinski definition) is 4. The summed E-state index contributed by atoms with van der Waals surface area (Å²) in [7, 11) is 0. The Labute approximate surface area is 123 Å². The van der Waals surface area contributed by atoms with Gasteiger partial charge in [0.1, 0.15) is 5.69 Å². The molecular weight excluding hydrogens is 268 g/mol. The molecule has 2 aromatic rings. The Morgan fingerprint density at radius 1 is 1.33 bits per heavy atom. The van der Waals surface area contributed by atoms with Crippen LogP contribution < -0.4 is 10.9 Å². The lowest BCUT2D eigenvalue weighted by molar-refractivity contribution is -0.121. The molecule has 0 bridgehead atoms. The van der Waals surface area contributed by atoms with Crippen LogP contribution in [-0.4, -0.2) is 27.0 Å². The van der Waals surface area contributed by atoms with Crippen molar-refractivity contribution < 1.29 is 4.79 Å². The Hall–Kier alpha value is -2.24. The van der Waals surface area contributed by atoms with Crippen LogP contribution in [-0.2, 0) is 11.2 Å². The van der Waals surface area contributed by atoms with Gasteiger partial charge in [-0.05, 0) is 24.5 Å². The van der Waals surface area contributed by atoms with Crippen molar-refractivity contribution in [2.45, 2.75) is 33.1 Å². The van der Waals surface area contributed by atoms with Crippen molar-refractivity contribution in [3.8, 4) is 0 Å². The molecule has 0 spiro atoms. The molecule has 0 unspecified atom stereocenters. The number of carbonyl (C=O) groups is 1. The van der Waals surface area contributed by atoms with Gasteiger partial charge in [0.15, 0.2) is 5.65 Å². The van der Waals surface area contributed by atoms with Gasteiger partial charge in [-0.25, -0.2) is 0 Å². The Bertz CT molecular complexity index is 679. The molecule has 0 aromatic carbocycles. The lowest BCUT2D eigenvalue weighted by Gasteiger charge is -2.07. The molecule has 2 rings (SSSR count). The van der Waals surface area contributed by atoms with Gasteiger partial charge in [-0.15, -0.1) is 10.2 Å². The standard InChI is InChI=1S/C15H20N4O2/c1-11(2)8-9-16-14(20)7-6-12-15(21)19-10-4-3-5-13(19)18-17-12/h3-5,10-11H,6-9H2,1-2H3,(H,16,20). The number of nitrogens with one attached hydrogen (secondary N) is 1. The maximum absolute atomic E-state index is 12.2. The highest BCUT2D eigenvalue weighted by Gasteiger charge is 2.09. The largest absolute Gasteiger partial charge is 0.356 e. The Morgan fingerprint density at radius 2 is 2.14 bits per heavy atom. The normalized spacial score (nSPS) is 11.0. The molecule has 0 saturated heterocycles. The second-order valence-corrected chi connectivity index (χ2v) is 5.41. The van der Waals surface area contributed by atoms with Crippen molar-refractivity contribution >= 4 is 11.6 Å². The van der Waals surface area contributed by atoms with E-state index >= 15 is 0 Å². The smallest absolute Gasteiger partial charge is 0.279 e. The first-order valence-corrected chi connectivity index (χ1v) is 7.17. The van der Waals surface area contributed by atoms with E-state index in [2.05, 4.69) is 29.4 Å². The molecule has 0 fully saturated rings. The third-order valence-electron chi connectivity index (χ3n) is 3.21. The third-order valence-corrected chi connectivity index (χ3v) is 3.21. The summed E-state index contributed by atoms with van der Waals surface area (Å²) in [6, 6.07) is 5.28. The molecule has 0 radical (unpaired) electrons. The highest BCUT2D eigenvalue weighted by molar-refractivity contribution is 5.76.